The van der Waals surface area contributed by atoms with Crippen molar-refractivity contribution < 1.29 is 9.84 Å². The van der Waals surface area contributed by atoms with Gasteiger partial charge in [-0.15, -0.1) is 0 Å². The molecule has 0 aliphatic carbocycles. The summed E-state index contributed by atoms with van der Waals surface area (Å²) in [6.45, 7) is 12.4. The van der Waals surface area contributed by atoms with Crippen molar-refractivity contribution in [1.29, 1.82) is 0 Å². The molecule has 2 aromatic heterocycles. The van der Waals surface area contributed by atoms with E-state index in [1.165, 1.54) is 61.2 Å². The van der Waals surface area contributed by atoms with Gasteiger partial charge in [-0.05, 0) is 96.0 Å². The van der Waals surface area contributed by atoms with Crippen molar-refractivity contribution in [3.63, 3.8) is 0 Å². The number of H-pyrrole nitrogens is 1. The molecule has 7 rings (SSSR count). The number of ether oxygens (including phenoxy) is 1. The summed E-state index contributed by atoms with van der Waals surface area (Å²) < 4.78 is 6.50. The lowest BCUT2D eigenvalue weighted by molar-refractivity contribution is 0.0445. The monoisotopic (exact) mass is 531 g/mol. The first kappa shape index (κ1) is 25.1. The Labute approximate surface area is 230 Å². The zero-order valence-electron chi connectivity index (χ0n) is 23.6. The van der Waals surface area contributed by atoms with Crippen LogP contribution in [0.15, 0.2) is 12.3 Å². The number of hydrogen-bond acceptors (Lipinski definition) is 8. The molecule has 0 radical (unpaired) electrons. The number of aromatic amines is 1. The number of anilines is 2. The first-order valence-corrected chi connectivity index (χ1v) is 14.8. The molecule has 9 heteroatoms. The molecular formula is C30H41N7O2. The van der Waals surface area contributed by atoms with Crippen molar-refractivity contribution in [2.45, 2.75) is 83.4 Å². The first-order chi connectivity index (χ1) is 18.8. The number of piperidine rings is 1. The maximum atomic E-state index is 10.9. The van der Waals surface area contributed by atoms with Gasteiger partial charge in [0.05, 0.1) is 40.8 Å². The Bertz CT molecular complexity index is 1390. The Morgan fingerprint density at radius 1 is 1.03 bits per heavy atom. The SMILES string of the molecule is Cc1cc2[nH]ncc2c(N2CCc3c(nc(OCC45CCCN4CCC5)nc3N3CCC[C@@](C)(O)C3)C2)c1C. The first-order valence-electron chi connectivity index (χ1n) is 14.8. The largest absolute Gasteiger partial charge is 0.461 e. The summed E-state index contributed by atoms with van der Waals surface area (Å²) in [5.74, 6) is 0.955. The molecule has 208 valence electrons. The van der Waals surface area contributed by atoms with Crippen LogP contribution >= 0.6 is 0 Å². The van der Waals surface area contributed by atoms with Crippen molar-refractivity contribution in [1.82, 2.24) is 25.1 Å². The Balaban J connectivity index is 1.25. The lowest BCUT2D eigenvalue weighted by Gasteiger charge is -2.40. The van der Waals surface area contributed by atoms with Crippen LogP contribution in [0.25, 0.3) is 10.9 Å². The van der Waals surface area contributed by atoms with Crippen molar-refractivity contribution in [2.24, 2.45) is 0 Å². The topological polar surface area (TPSA) is 93.6 Å². The van der Waals surface area contributed by atoms with Gasteiger partial charge >= 0.3 is 6.01 Å². The van der Waals surface area contributed by atoms with Gasteiger partial charge in [0.2, 0.25) is 0 Å². The number of hydrogen-bond donors (Lipinski definition) is 2. The van der Waals surface area contributed by atoms with E-state index in [-0.39, 0.29) is 5.54 Å². The zero-order valence-corrected chi connectivity index (χ0v) is 23.6. The predicted molar refractivity (Wildman–Crippen MR) is 153 cm³/mol. The standard InChI is InChI=1S/C30H41N7O2/c1-20-15-24-23(16-31-34-24)26(21(20)2)35-14-7-22-25(17-35)32-28(33-27(22)36-11-4-8-29(3,38)18-36)39-19-30-9-5-12-37(30)13-6-10-30/h15-16,38H,4-14,17-19H2,1-3H3,(H,31,34)/t29-/m1/s1. The smallest absolute Gasteiger partial charge is 0.318 e. The molecule has 3 fully saturated rings. The fourth-order valence-electron chi connectivity index (χ4n) is 7.68. The van der Waals surface area contributed by atoms with Gasteiger partial charge in [-0.25, -0.2) is 0 Å². The van der Waals surface area contributed by atoms with Gasteiger partial charge in [0.1, 0.15) is 12.4 Å². The van der Waals surface area contributed by atoms with Crippen molar-refractivity contribution >= 4 is 22.4 Å². The van der Waals surface area contributed by atoms with Crippen molar-refractivity contribution in [3.05, 3.63) is 34.6 Å². The molecule has 4 aliphatic heterocycles. The van der Waals surface area contributed by atoms with E-state index < -0.39 is 5.60 Å². The summed E-state index contributed by atoms with van der Waals surface area (Å²) in [4.78, 5) is 17.5. The highest BCUT2D eigenvalue weighted by molar-refractivity contribution is 5.94. The Morgan fingerprint density at radius 2 is 1.82 bits per heavy atom. The van der Waals surface area contributed by atoms with Crippen LogP contribution < -0.4 is 14.5 Å². The molecule has 3 saturated heterocycles. The van der Waals surface area contributed by atoms with Gasteiger partial charge < -0.3 is 19.6 Å². The third-order valence-corrected chi connectivity index (χ3v) is 9.83. The summed E-state index contributed by atoms with van der Waals surface area (Å²) in [5.41, 5.74) is 6.52. The fourth-order valence-corrected chi connectivity index (χ4v) is 7.68. The molecule has 6 heterocycles. The van der Waals surface area contributed by atoms with Gasteiger partial charge in [-0.2, -0.15) is 15.1 Å². The molecule has 2 N–H and O–H groups in total. The Kier molecular flexibility index (Phi) is 6.00. The summed E-state index contributed by atoms with van der Waals surface area (Å²) >= 11 is 0. The third kappa shape index (κ3) is 4.34. The van der Waals surface area contributed by atoms with E-state index in [0.29, 0.717) is 25.7 Å². The number of benzene rings is 1. The molecule has 39 heavy (non-hydrogen) atoms. The second-order valence-corrected chi connectivity index (χ2v) is 12.7. The number of fused-ring (bicyclic) bond motifs is 3. The van der Waals surface area contributed by atoms with Crippen LogP contribution in [0, 0.1) is 13.8 Å². The number of nitrogens with one attached hydrogen (secondary N) is 1. The van der Waals surface area contributed by atoms with E-state index in [1.54, 1.807) is 0 Å². The van der Waals surface area contributed by atoms with Gasteiger partial charge in [0.15, 0.2) is 0 Å². The minimum absolute atomic E-state index is 0.145. The maximum Gasteiger partial charge on any atom is 0.318 e. The average Bonchev–Trinajstić information content (AvgIpc) is 3.63. The number of aryl methyl sites for hydroxylation is 1. The second-order valence-electron chi connectivity index (χ2n) is 12.7. The molecule has 0 spiro atoms. The summed E-state index contributed by atoms with van der Waals surface area (Å²) in [6, 6.07) is 2.67. The highest BCUT2D eigenvalue weighted by Crippen LogP contribution is 2.40. The minimum atomic E-state index is -0.712. The third-order valence-electron chi connectivity index (χ3n) is 9.83. The molecular weight excluding hydrogens is 490 g/mol. The van der Waals surface area contributed by atoms with E-state index in [2.05, 4.69) is 44.8 Å². The molecule has 0 amide bonds. The van der Waals surface area contributed by atoms with Crippen LogP contribution in [0.2, 0.25) is 0 Å². The lowest BCUT2D eigenvalue weighted by atomic mass is 9.94. The Hall–Kier alpha value is -2.91. The van der Waals surface area contributed by atoms with Crippen molar-refractivity contribution in [2.75, 3.05) is 49.1 Å². The number of aliphatic hydroxyl groups is 1. The molecule has 0 unspecified atom stereocenters. The van der Waals surface area contributed by atoms with Crippen LogP contribution in [0.5, 0.6) is 6.01 Å². The average molecular weight is 532 g/mol. The summed E-state index contributed by atoms with van der Waals surface area (Å²) in [5, 5.41) is 19.6. The molecule has 9 nitrogen and oxygen atoms in total. The zero-order chi connectivity index (χ0) is 26.8. The quantitative estimate of drug-likeness (QED) is 0.512. The van der Waals surface area contributed by atoms with Gasteiger partial charge in [0, 0.05) is 30.6 Å². The Morgan fingerprint density at radius 3 is 2.62 bits per heavy atom. The number of rotatable bonds is 5. The fraction of sp³-hybridized carbons (Fsp3) is 0.633. The van der Waals surface area contributed by atoms with Crippen LogP contribution in [0.1, 0.15) is 67.8 Å². The molecule has 3 aromatic rings. The van der Waals surface area contributed by atoms with Crippen LogP contribution in [-0.4, -0.2) is 80.6 Å². The van der Waals surface area contributed by atoms with E-state index in [4.69, 9.17) is 14.7 Å². The summed E-state index contributed by atoms with van der Waals surface area (Å²) in [6.07, 6.45) is 9.45. The summed E-state index contributed by atoms with van der Waals surface area (Å²) in [7, 11) is 0. The number of aromatic nitrogens is 4. The van der Waals surface area contributed by atoms with Crippen molar-refractivity contribution in [3.8, 4) is 6.01 Å². The van der Waals surface area contributed by atoms with Crippen LogP contribution in [-0.2, 0) is 13.0 Å². The highest BCUT2D eigenvalue weighted by atomic mass is 16.5. The van der Waals surface area contributed by atoms with E-state index in [0.717, 1.165) is 54.8 Å². The van der Waals surface area contributed by atoms with E-state index >= 15 is 0 Å². The number of nitrogens with zero attached hydrogens (tertiary/aromatic N) is 6. The van der Waals surface area contributed by atoms with Gasteiger partial charge in [0.25, 0.3) is 0 Å². The van der Waals surface area contributed by atoms with Crippen LogP contribution in [0.3, 0.4) is 0 Å². The van der Waals surface area contributed by atoms with Gasteiger partial charge in [-0.3, -0.25) is 10.00 Å². The lowest BCUT2D eigenvalue weighted by Crippen LogP contribution is -2.47. The van der Waals surface area contributed by atoms with E-state index in [9.17, 15) is 5.11 Å². The second kappa shape index (κ2) is 9.34. The molecule has 0 bridgehead atoms. The normalized spacial score (nSPS) is 24.8. The molecule has 1 aromatic carbocycles. The van der Waals surface area contributed by atoms with E-state index in [1.807, 2.05) is 13.1 Å². The molecule has 1 atom stereocenters. The predicted octanol–water partition coefficient (Wildman–Crippen LogP) is 3.89. The molecule has 0 saturated carbocycles. The maximum absolute atomic E-state index is 10.9. The number of β-amino-alcohol motifs (C(OH)–C–C–N with tert-alkyl or cyclic N) is 1. The van der Waals surface area contributed by atoms with Gasteiger partial charge in [-0.1, -0.05) is 0 Å². The molecule has 4 aliphatic rings. The van der Waals surface area contributed by atoms with Crippen LogP contribution in [0.4, 0.5) is 11.5 Å². The minimum Gasteiger partial charge on any atom is -0.461 e. The highest BCUT2D eigenvalue weighted by Gasteiger charge is 2.45.